The molecule has 13 heavy (non-hydrogen) atoms. The number of benzene rings is 1. The molecule has 0 bridgehead atoms. The maximum atomic E-state index is 11.1. The fraction of sp³-hybridized carbons (Fsp3) is 0.222. The van der Waals surface area contributed by atoms with Crippen LogP contribution in [0.2, 0.25) is 0 Å². The van der Waals surface area contributed by atoms with Gasteiger partial charge in [0.2, 0.25) is 0 Å². The summed E-state index contributed by atoms with van der Waals surface area (Å²) >= 11 is 4.10. The Morgan fingerprint density at radius 3 is 2.38 bits per heavy atom. The Hall–Kier alpha value is 0.0400. The molecule has 0 heterocycles. The van der Waals surface area contributed by atoms with Crippen LogP contribution in [0.1, 0.15) is 17.3 Å². The van der Waals surface area contributed by atoms with Gasteiger partial charge in [0, 0.05) is 4.90 Å². The van der Waals surface area contributed by atoms with Crippen molar-refractivity contribution < 1.29 is 9.53 Å². The molecule has 1 aromatic carbocycles. The average Bonchev–Trinajstić information content (AvgIpc) is 2.06. The summed E-state index contributed by atoms with van der Waals surface area (Å²) in [6.45, 7) is 2.19. The summed E-state index contributed by atoms with van der Waals surface area (Å²) in [7, 11) is 0. The van der Waals surface area contributed by atoms with Crippen LogP contribution in [0.15, 0.2) is 29.2 Å². The Morgan fingerprint density at radius 1 is 1.38 bits per heavy atom. The van der Waals surface area contributed by atoms with Crippen LogP contribution in [0, 0.1) is 0 Å². The molecule has 1 rings (SSSR count). The van der Waals surface area contributed by atoms with E-state index in [9.17, 15) is 4.79 Å². The van der Waals surface area contributed by atoms with Crippen LogP contribution < -0.4 is 0 Å². The molecule has 66 valence electrons. The second-order valence-corrected chi connectivity index (χ2v) is 2.78. The quantitative estimate of drug-likeness (QED) is 0.451. The monoisotopic (exact) mass is 206 g/mol. The zero-order valence-corrected chi connectivity index (χ0v) is 7.67. The Kier molecular flexibility index (Phi) is 6.51. The van der Waals surface area contributed by atoms with Crippen LogP contribution in [0.25, 0.3) is 0 Å². The van der Waals surface area contributed by atoms with Gasteiger partial charge in [-0.05, 0) is 31.2 Å². The molecule has 0 N–H and O–H groups in total. The van der Waals surface area contributed by atoms with Crippen molar-refractivity contribution in [1.29, 1.82) is 0 Å². The summed E-state index contributed by atoms with van der Waals surface area (Å²) in [5.41, 5.74) is 0.564. The third-order valence-corrected chi connectivity index (χ3v) is 1.68. The number of esters is 1. The van der Waals surface area contributed by atoms with Gasteiger partial charge in [-0.2, -0.15) is 0 Å². The van der Waals surface area contributed by atoms with Gasteiger partial charge < -0.3 is 4.74 Å². The maximum absolute atomic E-state index is 11.1. The molecular weight excluding hydrogens is 195 g/mol. The van der Waals surface area contributed by atoms with E-state index in [1.165, 1.54) is 0 Å². The first-order valence-corrected chi connectivity index (χ1v) is 4.15. The first-order valence-electron chi connectivity index (χ1n) is 3.70. The van der Waals surface area contributed by atoms with Gasteiger partial charge >= 0.3 is 35.5 Å². The second kappa shape index (κ2) is 6.49. The van der Waals surface area contributed by atoms with Crippen LogP contribution >= 0.6 is 12.6 Å². The molecule has 0 aliphatic heterocycles. The van der Waals surface area contributed by atoms with Crippen molar-refractivity contribution in [3.05, 3.63) is 29.8 Å². The number of carbonyl (C=O) groups is 1. The van der Waals surface area contributed by atoms with E-state index in [2.05, 4.69) is 12.6 Å². The van der Waals surface area contributed by atoms with Gasteiger partial charge in [0.25, 0.3) is 0 Å². The number of thiol groups is 1. The van der Waals surface area contributed by atoms with Gasteiger partial charge in [-0.15, -0.1) is 12.6 Å². The van der Waals surface area contributed by atoms with E-state index in [1.807, 2.05) is 0 Å². The van der Waals surface area contributed by atoms with Gasteiger partial charge in [0.15, 0.2) is 0 Å². The standard InChI is InChI=1S/C9H10O2S.Na.H/c1-2-11-9(10)7-3-5-8(12)6-4-7;;/h3-6,12H,2H2,1H3;;. The van der Waals surface area contributed by atoms with Crippen molar-refractivity contribution in [3.8, 4) is 0 Å². The SMILES string of the molecule is CCOC(=O)c1ccc(S)cc1.[NaH]. The fourth-order valence-electron chi connectivity index (χ4n) is 0.812. The first-order chi connectivity index (χ1) is 5.74. The predicted octanol–water partition coefficient (Wildman–Crippen LogP) is 1.50. The summed E-state index contributed by atoms with van der Waals surface area (Å²) < 4.78 is 4.80. The molecular formula is C9H11NaO2S. The molecule has 0 aliphatic rings. The average molecular weight is 206 g/mol. The van der Waals surface area contributed by atoms with Crippen LogP contribution in [0.4, 0.5) is 0 Å². The van der Waals surface area contributed by atoms with E-state index in [4.69, 9.17) is 4.74 Å². The van der Waals surface area contributed by atoms with Crippen molar-refractivity contribution in [3.63, 3.8) is 0 Å². The summed E-state index contributed by atoms with van der Waals surface area (Å²) in [4.78, 5) is 11.9. The summed E-state index contributed by atoms with van der Waals surface area (Å²) in [5.74, 6) is -0.286. The van der Waals surface area contributed by atoms with Gasteiger partial charge in [0.1, 0.15) is 0 Å². The van der Waals surface area contributed by atoms with Gasteiger partial charge in [-0.1, -0.05) is 0 Å². The molecule has 0 unspecified atom stereocenters. The third-order valence-electron chi connectivity index (χ3n) is 1.38. The van der Waals surface area contributed by atoms with Crippen molar-refractivity contribution >= 4 is 48.2 Å². The molecule has 0 atom stereocenters. The minimum absolute atomic E-state index is 0. The molecule has 0 saturated carbocycles. The molecule has 0 amide bonds. The van der Waals surface area contributed by atoms with Crippen molar-refractivity contribution in [2.45, 2.75) is 11.8 Å². The van der Waals surface area contributed by atoms with E-state index in [1.54, 1.807) is 31.2 Å². The summed E-state index contributed by atoms with van der Waals surface area (Å²) in [6, 6.07) is 6.91. The zero-order valence-electron chi connectivity index (χ0n) is 6.78. The molecule has 0 aliphatic carbocycles. The normalized spacial score (nSPS) is 8.77. The van der Waals surface area contributed by atoms with E-state index in [0.717, 1.165) is 4.90 Å². The van der Waals surface area contributed by atoms with E-state index in [-0.39, 0.29) is 35.5 Å². The van der Waals surface area contributed by atoms with Gasteiger partial charge in [-0.3, -0.25) is 0 Å². The molecule has 0 radical (unpaired) electrons. The third kappa shape index (κ3) is 4.18. The van der Waals surface area contributed by atoms with Crippen molar-refractivity contribution in [2.75, 3.05) is 6.61 Å². The first kappa shape index (κ1) is 13.0. The van der Waals surface area contributed by atoms with Crippen molar-refractivity contribution in [2.24, 2.45) is 0 Å². The van der Waals surface area contributed by atoms with Crippen LogP contribution in [0.5, 0.6) is 0 Å². The molecule has 0 spiro atoms. The fourth-order valence-corrected chi connectivity index (χ4v) is 0.961. The molecule has 1 aromatic rings. The van der Waals surface area contributed by atoms with Crippen LogP contribution in [-0.2, 0) is 4.74 Å². The van der Waals surface area contributed by atoms with E-state index < -0.39 is 0 Å². The van der Waals surface area contributed by atoms with Gasteiger partial charge in [-0.25, -0.2) is 4.79 Å². The van der Waals surface area contributed by atoms with E-state index >= 15 is 0 Å². The molecule has 2 nitrogen and oxygen atoms in total. The molecule has 0 saturated heterocycles. The Morgan fingerprint density at radius 2 is 1.92 bits per heavy atom. The Labute approximate surface area is 105 Å². The number of hydrogen-bond acceptors (Lipinski definition) is 3. The molecule has 4 heteroatoms. The van der Waals surface area contributed by atoms with Crippen LogP contribution in [0.3, 0.4) is 0 Å². The number of rotatable bonds is 2. The van der Waals surface area contributed by atoms with Gasteiger partial charge in [0.05, 0.1) is 12.2 Å². The van der Waals surface area contributed by atoms with Crippen molar-refractivity contribution in [1.82, 2.24) is 0 Å². The predicted molar refractivity (Wildman–Crippen MR) is 56.8 cm³/mol. The summed E-state index contributed by atoms with van der Waals surface area (Å²) in [5, 5.41) is 0. The second-order valence-electron chi connectivity index (χ2n) is 2.27. The Balaban J connectivity index is 0.00000144. The minimum atomic E-state index is -0.286. The Bertz CT molecular complexity index is 271. The number of ether oxygens (including phenoxy) is 1. The molecule has 0 fully saturated rings. The molecule has 0 aromatic heterocycles. The van der Waals surface area contributed by atoms with E-state index in [0.29, 0.717) is 12.2 Å². The number of hydrogen-bond donors (Lipinski definition) is 1. The number of carbonyl (C=O) groups excluding carboxylic acids is 1. The zero-order chi connectivity index (χ0) is 8.97. The topological polar surface area (TPSA) is 26.3 Å². The summed E-state index contributed by atoms with van der Waals surface area (Å²) in [6.07, 6.45) is 0. The van der Waals surface area contributed by atoms with Crippen LogP contribution in [-0.4, -0.2) is 42.1 Å².